The van der Waals surface area contributed by atoms with Gasteiger partial charge in [-0.1, -0.05) is 30.3 Å². The Bertz CT molecular complexity index is 238. The van der Waals surface area contributed by atoms with Crippen LogP contribution in [0.1, 0.15) is 5.56 Å². The first-order valence-corrected chi connectivity index (χ1v) is 4.86. The molecule has 1 N–H and O–H groups in total. The minimum atomic E-state index is -1.97. The van der Waals surface area contributed by atoms with Gasteiger partial charge in [-0.25, -0.2) is 0 Å². The second-order valence-electron chi connectivity index (χ2n) is 2.31. The van der Waals surface area contributed by atoms with Crippen molar-refractivity contribution >= 4 is 8.03 Å². The van der Waals surface area contributed by atoms with Crippen molar-refractivity contribution in [2.75, 3.05) is 6.16 Å². The van der Waals surface area contributed by atoms with Crippen LogP contribution >= 0.6 is 8.03 Å². The summed E-state index contributed by atoms with van der Waals surface area (Å²) >= 11 is 0. The Labute approximate surface area is 114 Å². The largest absolute Gasteiger partial charge is 0.505 e. The van der Waals surface area contributed by atoms with Crippen molar-refractivity contribution in [2.45, 2.75) is 6.42 Å². The molecule has 1 atom stereocenters. The maximum Gasteiger partial charge on any atom is 0.505 e. The van der Waals surface area contributed by atoms with Crippen LogP contribution in [0.4, 0.5) is 0 Å². The minimum Gasteiger partial charge on any atom is -0.161 e. The molecule has 12 heavy (non-hydrogen) atoms. The summed E-state index contributed by atoms with van der Waals surface area (Å²) in [5, 5.41) is 0. The van der Waals surface area contributed by atoms with Crippen LogP contribution in [-0.2, 0) is 11.0 Å². The number of benzene rings is 1. The van der Waals surface area contributed by atoms with E-state index in [0.717, 1.165) is 5.56 Å². The molecule has 4 heteroatoms. The normalized spacial score (nSPS) is 10.2. The molecule has 0 aromatic heterocycles. The number of rotatable bonds is 3. The van der Waals surface area contributed by atoms with Crippen LogP contribution in [0, 0.1) is 49.4 Å². The summed E-state index contributed by atoms with van der Waals surface area (Å²) in [6.07, 6.45) is 1.05. The predicted octanol–water partition coefficient (Wildman–Crippen LogP) is 1.96. The topological polar surface area (TPSA) is 37.3 Å². The summed E-state index contributed by atoms with van der Waals surface area (Å²) < 4.78 is 10.3. The maximum atomic E-state index is 10.3. The SMILES string of the molecule is O=[P+](O)CCc1ccccc1.[Eu]. The summed E-state index contributed by atoms with van der Waals surface area (Å²) in [5.74, 6) is 0. The minimum absolute atomic E-state index is 0. The van der Waals surface area contributed by atoms with Gasteiger partial charge in [0.05, 0.1) is 0 Å². The molecule has 0 fully saturated rings. The van der Waals surface area contributed by atoms with Crippen molar-refractivity contribution in [1.29, 1.82) is 0 Å². The summed E-state index contributed by atoms with van der Waals surface area (Å²) in [4.78, 5) is 8.52. The van der Waals surface area contributed by atoms with Crippen molar-refractivity contribution in [3.05, 3.63) is 35.9 Å². The molecule has 1 aromatic carbocycles. The monoisotopic (exact) mass is 322 g/mol. The smallest absolute Gasteiger partial charge is 0.161 e. The molecule has 1 unspecified atom stereocenters. The van der Waals surface area contributed by atoms with E-state index in [0.29, 0.717) is 12.6 Å². The molecule has 0 saturated heterocycles. The standard InChI is InChI=1S/C8H9O2P.Eu/c9-11(10)7-6-8-4-2-1-3-5-8;/h1-5H,6-7H2;/p+1. The van der Waals surface area contributed by atoms with Crippen LogP contribution in [-0.4, -0.2) is 11.1 Å². The quantitative estimate of drug-likeness (QED) is 0.864. The molecule has 0 aliphatic carbocycles. The van der Waals surface area contributed by atoms with Crippen LogP contribution < -0.4 is 0 Å². The first kappa shape index (κ1) is 12.9. The Kier molecular flexibility index (Phi) is 7.81. The molecule has 0 bridgehead atoms. The van der Waals surface area contributed by atoms with Gasteiger partial charge in [-0.05, 0) is 10.1 Å². The van der Waals surface area contributed by atoms with Crippen LogP contribution in [0.25, 0.3) is 0 Å². The summed E-state index contributed by atoms with van der Waals surface area (Å²) in [6, 6.07) is 9.71. The summed E-state index contributed by atoms with van der Waals surface area (Å²) in [6.45, 7) is 0. The van der Waals surface area contributed by atoms with Gasteiger partial charge in [-0.3, -0.25) is 0 Å². The van der Waals surface area contributed by atoms with E-state index in [1.807, 2.05) is 30.3 Å². The van der Waals surface area contributed by atoms with Gasteiger partial charge in [-0.15, -0.1) is 0 Å². The van der Waals surface area contributed by atoms with E-state index >= 15 is 0 Å². The second kappa shape index (κ2) is 7.29. The fourth-order valence-electron chi connectivity index (χ4n) is 0.869. The predicted molar refractivity (Wildman–Crippen MR) is 44.8 cm³/mol. The average Bonchev–Trinajstić information content (AvgIpc) is 2.03. The van der Waals surface area contributed by atoms with Crippen LogP contribution in [0.15, 0.2) is 30.3 Å². The molecule has 65 valence electrons. The third kappa shape index (κ3) is 5.50. The van der Waals surface area contributed by atoms with Crippen LogP contribution in [0.2, 0.25) is 0 Å². The Morgan fingerprint density at radius 1 is 1.25 bits per heavy atom. The molecular weight excluding hydrogens is 311 g/mol. The summed E-state index contributed by atoms with van der Waals surface area (Å²) in [5.41, 5.74) is 1.12. The average molecular weight is 321 g/mol. The molecule has 2 nitrogen and oxygen atoms in total. The van der Waals surface area contributed by atoms with Gasteiger partial charge in [0.25, 0.3) is 0 Å². The summed E-state index contributed by atoms with van der Waals surface area (Å²) in [7, 11) is -1.97. The molecule has 1 rings (SSSR count). The zero-order chi connectivity index (χ0) is 8.10. The molecular formula is C8H10EuO2P+. The molecule has 0 spiro atoms. The number of hydrogen-bond donors (Lipinski definition) is 1. The van der Waals surface area contributed by atoms with Gasteiger partial charge in [0.2, 0.25) is 0 Å². The first-order valence-electron chi connectivity index (χ1n) is 3.46. The van der Waals surface area contributed by atoms with E-state index in [-0.39, 0.29) is 49.4 Å². The fraction of sp³-hybridized carbons (Fsp3) is 0.250. The molecule has 1 radical (unpaired) electrons. The van der Waals surface area contributed by atoms with Gasteiger partial charge in [-0.2, -0.15) is 4.89 Å². The van der Waals surface area contributed by atoms with Gasteiger partial charge >= 0.3 is 8.03 Å². The van der Waals surface area contributed by atoms with Crippen molar-refractivity contribution in [3.8, 4) is 0 Å². The first-order chi connectivity index (χ1) is 5.29. The zero-order valence-electron chi connectivity index (χ0n) is 6.48. The van der Waals surface area contributed by atoms with Gasteiger partial charge in [0, 0.05) is 55.8 Å². The zero-order valence-corrected chi connectivity index (χ0v) is 9.80. The molecule has 1 aromatic rings. The molecule has 0 heterocycles. The Hall–Kier alpha value is 0.864. The van der Waals surface area contributed by atoms with Gasteiger partial charge in [0.15, 0.2) is 6.16 Å². The number of hydrogen-bond acceptors (Lipinski definition) is 1. The van der Waals surface area contributed by atoms with Gasteiger partial charge < -0.3 is 0 Å². The van der Waals surface area contributed by atoms with Crippen LogP contribution in [0.3, 0.4) is 0 Å². The van der Waals surface area contributed by atoms with Crippen molar-refractivity contribution in [3.63, 3.8) is 0 Å². The molecule has 0 saturated carbocycles. The van der Waals surface area contributed by atoms with E-state index < -0.39 is 8.03 Å². The van der Waals surface area contributed by atoms with Crippen molar-refractivity contribution < 1.29 is 58.8 Å². The Morgan fingerprint density at radius 2 is 1.83 bits per heavy atom. The van der Waals surface area contributed by atoms with Gasteiger partial charge in [0.1, 0.15) is 0 Å². The molecule has 0 aliphatic rings. The molecule has 0 amide bonds. The molecule has 0 aliphatic heterocycles. The van der Waals surface area contributed by atoms with Crippen molar-refractivity contribution in [2.24, 2.45) is 0 Å². The van der Waals surface area contributed by atoms with E-state index in [1.54, 1.807) is 0 Å². The second-order valence-corrected chi connectivity index (χ2v) is 3.46. The fourth-order valence-corrected chi connectivity index (χ4v) is 1.32. The van der Waals surface area contributed by atoms with Crippen LogP contribution in [0.5, 0.6) is 0 Å². The van der Waals surface area contributed by atoms with E-state index in [4.69, 9.17) is 4.89 Å². The Balaban J connectivity index is 0.00000121. The van der Waals surface area contributed by atoms with E-state index in [9.17, 15) is 4.57 Å². The Morgan fingerprint density at radius 3 is 2.33 bits per heavy atom. The van der Waals surface area contributed by atoms with E-state index in [2.05, 4.69) is 0 Å². The van der Waals surface area contributed by atoms with E-state index in [1.165, 1.54) is 0 Å². The van der Waals surface area contributed by atoms with Crippen molar-refractivity contribution in [1.82, 2.24) is 0 Å². The maximum absolute atomic E-state index is 10.3. The third-order valence-corrected chi connectivity index (χ3v) is 2.04. The number of aryl methyl sites for hydroxylation is 1. The third-order valence-electron chi connectivity index (χ3n) is 1.43.